The van der Waals surface area contributed by atoms with Crippen LogP contribution in [0.1, 0.15) is 19.3 Å². The second-order valence-corrected chi connectivity index (χ2v) is 4.26. The Labute approximate surface area is 114 Å². The van der Waals surface area contributed by atoms with Crippen molar-refractivity contribution in [2.45, 2.75) is 19.3 Å². The van der Waals surface area contributed by atoms with Gasteiger partial charge in [-0.25, -0.2) is 9.18 Å². The van der Waals surface area contributed by atoms with E-state index in [2.05, 4.69) is 10.6 Å². The topological polar surface area (TPSA) is 78.4 Å². The predicted molar refractivity (Wildman–Crippen MR) is 69.9 cm³/mol. The summed E-state index contributed by atoms with van der Waals surface area (Å²) in [7, 11) is 0. The van der Waals surface area contributed by atoms with Crippen LogP contribution in [0.5, 0.6) is 0 Å². The van der Waals surface area contributed by atoms with Crippen LogP contribution in [0.2, 0.25) is 5.02 Å². The van der Waals surface area contributed by atoms with Crippen molar-refractivity contribution in [2.24, 2.45) is 0 Å². The Bertz CT molecular complexity index is 468. The summed E-state index contributed by atoms with van der Waals surface area (Å²) >= 11 is 5.74. The number of nitrogens with one attached hydrogen (secondary N) is 2. The van der Waals surface area contributed by atoms with E-state index in [4.69, 9.17) is 16.7 Å². The molecule has 0 radical (unpaired) electrons. The molecule has 0 aliphatic heterocycles. The van der Waals surface area contributed by atoms with Gasteiger partial charge < -0.3 is 15.7 Å². The lowest BCUT2D eigenvalue weighted by molar-refractivity contribution is -0.137. The van der Waals surface area contributed by atoms with E-state index in [9.17, 15) is 14.0 Å². The molecule has 2 amide bonds. The van der Waals surface area contributed by atoms with Gasteiger partial charge in [0.05, 0.1) is 10.7 Å². The molecular weight excluding hydrogens is 275 g/mol. The maximum absolute atomic E-state index is 12.8. The Balaban J connectivity index is 2.29. The second kappa shape index (κ2) is 7.58. The van der Waals surface area contributed by atoms with E-state index in [1.807, 2.05) is 0 Å². The number of amides is 2. The number of carbonyl (C=O) groups excluding carboxylic acids is 1. The predicted octanol–water partition coefficient (Wildman–Crippen LogP) is 2.86. The van der Waals surface area contributed by atoms with Gasteiger partial charge in [0.15, 0.2) is 0 Å². The molecule has 104 valence electrons. The zero-order valence-electron chi connectivity index (χ0n) is 10.1. The SMILES string of the molecule is O=C(O)CCCCNC(=O)Nc1ccc(F)cc1Cl. The first kappa shape index (κ1) is 15.2. The summed E-state index contributed by atoms with van der Waals surface area (Å²) in [6.45, 7) is 0.359. The van der Waals surface area contributed by atoms with Crippen LogP contribution in [-0.4, -0.2) is 23.7 Å². The summed E-state index contributed by atoms with van der Waals surface area (Å²) < 4.78 is 12.8. The van der Waals surface area contributed by atoms with Crippen molar-refractivity contribution in [3.05, 3.63) is 29.0 Å². The number of anilines is 1. The number of hydrogen-bond acceptors (Lipinski definition) is 2. The molecule has 19 heavy (non-hydrogen) atoms. The van der Waals surface area contributed by atoms with Gasteiger partial charge >= 0.3 is 12.0 Å². The van der Waals surface area contributed by atoms with Crippen molar-refractivity contribution < 1.29 is 19.1 Å². The molecule has 3 N–H and O–H groups in total. The van der Waals surface area contributed by atoms with Crippen LogP contribution in [0.4, 0.5) is 14.9 Å². The lowest BCUT2D eigenvalue weighted by Crippen LogP contribution is -2.29. The third-order valence-electron chi connectivity index (χ3n) is 2.28. The summed E-state index contributed by atoms with van der Waals surface area (Å²) in [6.07, 6.45) is 1.14. The Kier molecular flexibility index (Phi) is 6.08. The molecule has 0 fully saturated rings. The summed E-state index contributed by atoms with van der Waals surface area (Å²) in [5, 5.41) is 13.6. The third kappa shape index (κ3) is 6.05. The Morgan fingerprint density at radius 2 is 2.05 bits per heavy atom. The molecule has 0 spiro atoms. The molecule has 0 unspecified atom stereocenters. The number of rotatable bonds is 6. The largest absolute Gasteiger partial charge is 0.481 e. The zero-order chi connectivity index (χ0) is 14.3. The molecule has 0 bridgehead atoms. The molecule has 1 aromatic rings. The summed E-state index contributed by atoms with van der Waals surface area (Å²) in [5.74, 6) is -1.34. The summed E-state index contributed by atoms with van der Waals surface area (Å²) in [6, 6.07) is 3.18. The van der Waals surface area contributed by atoms with E-state index in [1.54, 1.807) is 0 Å². The van der Waals surface area contributed by atoms with Gasteiger partial charge in [-0.3, -0.25) is 4.79 Å². The van der Waals surface area contributed by atoms with Crippen LogP contribution in [-0.2, 0) is 4.79 Å². The molecule has 0 atom stereocenters. The van der Waals surface area contributed by atoms with Gasteiger partial charge in [0.25, 0.3) is 0 Å². The highest BCUT2D eigenvalue weighted by molar-refractivity contribution is 6.33. The summed E-state index contributed by atoms with van der Waals surface area (Å²) in [4.78, 5) is 21.7. The lowest BCUT2D eigenvalue weighted by Gasteiger charge is -2.08. The minimum atomic E-state index is -0.859. The highest BCUT2D eigenvalue weighted by Gasteiger charge is 2.06. The fourth-order valence-electron chi connectivity index (χ4n) is 1.36. The van der Waals surface area contributed by atoms with Gasteiger partial charge in [-0.15, -0.1) is 0 Å². The van der Waals surface area contributed by atoms with Gasteiger partial charge in [0.1, 0.15) is 5.82 Å². The maximum Gasteiger partial charge on any atom is 0.319 e. The quantitative estimate of drug-likeness (QED) is 0.704. The number of carboxylic acid groups (broad SMARTS) is 1. The second-order valence-electron chi connectivity index (χ2n) is 3.86. The molecule has 0 aliphatic rings. The Hall–Kier alpha value is -1.82. The molecule has 0 aliphatic carbocycles. The highest BCUT2D eigenvalue weighted by atomic mass is 35.5. The molecular formula is C12H14ClFN2O3. The summed E-state index contributed by atoms with van der Waals surface area (Å²) in [5.41, 5.74) is 0.311. The fraction of sp³-hybridized carbons (Fsp3) is 0.333. The third-order valence-corrected chi connectivity index (χ3v) is 2.60. The first-order valence-corrected chi connectivity index (χ1v) is 6.08. The molecule has 1 aromatic carbocycles. The zero-order valence-corrected chi connectivity index (χ0v) is 10.8. The minimum absolute atomic E-state index is 0.0765. The van der Waals surface area contributed by atoms with Crippen LogP contribution in [0.25, 0.3) is 0 Å². The highest BCUT2D eigenvalue weighted by Crippen LogP contribution is 2.22. The first-order chi connectivity index (χ1) is 8.99. The van der Waals surface area contributed by atoms with Gasteiger partial charge in [-0.05, 0) is 31.0 Å². The van der Waals surface area contributed by atoms with Crippen LogP contribution in [0.3, 0.4) is 0 Å². The number of unbranched alkanes of at least 4 members (excludes halogenated alkanes) is 1. The number of halogens is 2. The number of benzene rings is 1. The Morgan fingerprint density at radius 3 is 2.68 bits per heavy atom. The van der Waals surface area contributed by atoms with Crippen LogP contribution >= 0.6 is 11.6 Å². The number of urea groups is 1. The van der Waals surface area contributed by atoms with E-state index < -0.39 is 17.8 Å². The van der Waals surface area contributed by atoms with Gasteiger partial charge in [-0.1, -0.05) is 11.6 Å². The van der Waals surface area contributed by atoms with Crippen LogP contribution < -0.4 is 10.6 Å². The normalized spacial score (nSPS) is 10.0. The molecule has 1 rings (SSSR count). The number of aliphatic carboxylic acids is 1. The van der Waals surface area contributed by atoms with E-state index in [-0.39, 0.29) is 11.4 Å². The average molecular weight is 289 g/mol. The van der Waals surface area contributed by atoms with Crippen molar-refractivity contribution in [1.82, 2.24) is 5.32 Å². The average Bonchev–Trinajstić information content (AvgIpc) is 2.32. The van der Waals surface area contributed by atoms with Gasteiger partial charge in [-0.2, -0.15) is 0 Å². The molecule has 0 saturated carbocycles. The number of hydrogen-bond donors (Lipinski definition) is 3. The minimum Gasteiger partial charge on any atom is -0.481 e. The van der Waals surface area contributed by atoms with Crippen LogP contribution in [0.15, 0.2) is 18.2 Å². The van der Waals surface area contributed by atoms with E-state index in [0.717, 1.165) is 6.07 Å². The van der Waals surface area contributed by atoms with E-state index in [1.165, 1.54) is 12.1 Å². The standard InChI is InChI=1S/C12H14ClFN2O3/c13-9-7-8(14)4-5-10(9)16-12(19)15-6-2-1-3-11(17)18/h4-5,7H,1-3,6H2,(H,17,18)(H2,15,16,19). The molecule has 0 aromatic heterocycles. The van der Waals surface area contributed by atoms with E-state index >= 15 is 0 Å². The Morgan fingerprint density at radius 1 is 1.32 bits per heavy atom. The number of carbonyl (C=O) groups is 2. The van der Waals surface area contributed by atoms with Gasteiger partial charge in [0.2, 0.25) is 0 Å². The van der Waals surface area contributed by atoms with E-state index in [0.29, 0.717) is 25.1 Å². The molecule has 0 saturated heterocycles. The van der Waals surface area contributed by atoms with Crippen molar-refractivity contribution in [3.8, 4) is 0 Å². The maximum atomic E-state index is 12.8. The smallest absolute Gasteiger partial charge is 0.319 e. The lowest BCUT2D eigenvalue weighted by atomic mass is 10.2. The monoisotopic (exact) mass is 288 g/mol. The molecule has 5 nitrogen and oxygen atoms in total. The molecule has 7 heteroatoms. The number of carboxylic acids is 1. The van der Waals surface area contributed by atoms with Crippen molar-refractivity contribution in [2.75, 3.05) is 11.9 Å². The first-order valence-electron chi connectivity index (χ1n) is 5.70. The fourth-order valence-corrected chi connectivity index (χ4v) is 1.57. The molecule has 0 heterocycles. The van der Waals surface area contributed by atoms with Crippen molar-refractivity contribution in [1.29, 1.82) is 0 Å². The van der Waals surface area contributed by atoms with Crippen molar-refractivity contribution in [3.63, 3.8) is 0 Å². The van der Waals surface area contributed by atoms with Crippen molar-refractivity contribution >= 4 is 29.3 Å². The van der Waals surface area contributed by atoms with Gasteiger partial charge in [0, 0.05) is 13.0 Å². The van der Waals surface area contributed by atoms with Crippen LogP contribution in [0, 0.1) is 5.82 Å².